The minimum absolute atomic E-state index is 0.193. The van der Waals surface area contributed by atoms with E-state index in [9.17, 15) is 0 Å². The Balaban J connectivity index is 1.95. The molecule has 1 aromatic rings. The van der Waals surface area contributed by atoms with Crippen molar-refractivity contribution in [3.63, 3.8) is 0 Å². The smallest absolute Gasteiger partial charge is 0.121 e. The van der Waals surface area contributed by atoms with Crippen LogP contribution in [-0.2, 0) is 4.74 Å². The van der Waals surface area contributed by atoms with E-state index < -0.39 is 0 Å². The highest BCUT2D eigenvalue weighted by Gasteiger charge is 2.23. The van der Waals surface area contributed by atoms with Crippen LogP contribution in [0.4, 0.5) is 0 Å². The average Bonchev–Trinajstić information content (AvgIpc) is 2.71. The summed E-state index contributed by atoms with van der Waals surface area (Å²) in [4.78, 5) is 8.21. The lowest BCUT2D eigenvalue weighted by atomic mass is 10.1. The molecule has 0 spiro atoms. The van der Waals surface area contributed by atoms with Gasteiger partial charge in [0, 0.05) is 11.6 Å². The molecule has 2 atom stereocenters. The third kappa shape index (κ3) is 1.95. The van der Waals surface area contributed by atoms with Crippen LogP contribution < -0.4 is 0 Å². The summed E-state index contributed by atoms with van der Waals surface area (Å²) in [6.07, 6.45) is 4.09. The van der Waals surface area contributed by atoms with E-state index in [1.165, 1.54) is 0 Å². The van der Waals surface area contributed by atoms with Gasteiger partial charge in [-0.15, -0.1) is 11.3 Å². The van der Waals surface area contributed by atoms with Gasteiger partial charge in [-0.25, -0.2) is 4.98 Å². The molecule has 0 radical (unpaired) electrons. The van der Waals surface area contributed by atoms with Crippen LogP contribution in [-0.4, -0.2) is 24.4 Å². The highest BCUT2D eigenvalue weighted by molar-refractivity contribution is 7.09. The van der Waals surface area contributed by atoms with Gasteiger partial charge in [0.05, 0.1) is 12.6 Å². The number of hydrogen-bond donors (Lipinski definition) is 0. The first-order chi connectivity index (χ1) is 6.40. The normalized spacial score (nSPS) is 28.6. The van der Waals surface area contributed by atoms with E-state index in [-0.39, 0.29) is 12.1 Å². The summed E-state index contributed by atoms with van der Waals surface area (Å²) in [7, 11) is 0. The molecule has 2 rings (SSSR count). The van der Waals surface area contributed by atoms with Crippen molar-refractivity contribution >= 4 is 18.1 Å². The van der Waals surface area contributed by atoms with E-state index >= 15 is 0 Å². The minimum Gasteiger partial charge on any atom is -0.369 e. The van der Waals surface area contributed by atoms with Crippen LogP contribution in [0.5, 0.6) is 0 Å². The molecular formula is C9H12N2OS. The number of thiazole rings is 1. The van der Waals surface area contributed by atoms with Gasteiger partial charge in [0.1, 0.15) is 11.1 Å². The molecule has 2 heterocycles. The first-order valence-electron chi connectivity index (χ1n) is 4.37. The zero-order chi connectivity index (χ0) is 9.10. The minimum atomic E-state index is 0.193. The van der Waals surface area contributed by atoms with Crippen LogP contribution in [0.15, 0.2) is 16.6 Å². The topological polar surface area (TPSA) is 34.5 Å². The second-order valence-corrected chi connectivity index (χ2v) is 4.03. The molecule has 13 heavy (non-hydrogen) atoms. The molecule has 0 N–H and O–H groups in total. The molecule has 1 saturated heterocycles. The molecule has 1 aliphatic heterocycles. The van der Waals surface area contributed by atoms with Crippen molar-refractivity contribution in [3.05, 3.63) is 16.6 Å². The van der Waals surface area contributed by atoms with Gasteiger partial charge >= 0.3 is 0 Å². The van der Waals surface area contributed by atoms with Gasteiger partial charge in [-0.3, -0.25) is 4.99 Å². The third-order valence-corrected chi connectivity index (χ3v) is 3.10. The fourth-order valence-electron chi connectivity index (χ4n) is 1.47. The summed E-state index contributed by atoms with van der Waals surface area (Å²) in [5.41, 5.74) is 0. The highest BCUT2D eigenvalue weighted by Crippen LogP contribution is 2.29. The summed E-state index contributed by atoms with van der Waals surface area (Å²) < 4.78 is 5.64. The van der Waals surface area contributed by atoms with E-state index in [1.54, 1.807) is 11.3 Å². The predicted molar refractivity (Wildman–Crippen MR) is 53.4 cm³/mol. The Morgan fingerprint density at radius 1 is 1.62 bits per heavy atom. The fourth-order valence-corrected chi connectivity index (χ4v) is 2.19. The molecule has 0 saturated carbocycles. The molecule has 0 amide bonds. The van der Waals surface area contributed by atoms with Crippen molar-refractivity contribution in [1.82, 2.24) is 4.98 Å². The van der Waals surface area contributed by atoms with E-state index in [2.05, 4.69) is 16.7 Å². The maximum absolute atomic E-state index is 5.64. The summed E-state index contributed by atoms with van der Waals surface area (Å²) in [6.45, 7) is 4.22. The van der Waals surface area contributed by atoms with Crippen molar-refractivity contribution in [2.24, 2.45) is 4.99 Å². The summed E-state index contributed by atoms with van der Waals surface area (Å²) in [5.74, 6) is 0. The number of ether oxygens (including phenoxy) is 1. The van der Waals surface area contributed by atoms with Crippen LogP contribution >= 0.6 is 11.3 Å². The van der Waals surface area contributed by atoms with E-state index in [0.717, 1.165) is 17.8 Å². The molecular weight excluding hydrogens is 184 g/mol. The summed E-state index contributed by atoms with van der Waals surface area (Å²) in [6, 6.07) is 0.288. The average molecular weight is 196 g/mol. The highest BCUT2D eigenvalue weighted by atomic mass is 32.1. The van der Waals surface area contributed by atoms with Gasteiger partial charge in [0.25, 0.3) is 0 Å². The van der Waals surface area contributed by atoms with Crippen molar-refractivity contribution in [1.29, 1.82) is 0 Å². The molecule has 1 aromatic heterocycles. The van der Waals surface area contributed by atoms with Gasteiger partial charge in [-0.2, -0.15) is 0 Å². The van der Waals surface area contributed by atoms with E-state index in [1.807, 2.05) is 11.6 Å². The molecule has 2 unspecified atom stereocenters. The van der Waals surface area contributed by atoms with Crippen molar-refractivity contribution < 1.29 is 4.74 Å². The van der Waals surface area contributed by atoms with Crippen molar-refractivity contribution in [2.45, 2.75) is 25.0 Å². The van der Waals surface area contributed by atoms with Crippen LogP contribution in [0.1, 0.15) is 24.0 Å². The van der Waals surface area contributed by atoms with Crippen molar-refractivity contribution in [2.75, 3.05) is 6.61 Å². The lowest BCUT2D eigenvalue weighted by Gasteiger charge is -2.25. The molecule has 1 fully saturated rings. The molecule has 3 nitrogen and oxygen atoms in total. The molecule has 0 bridgehead atoms. The number of rotatable bonds is 2. The molecule has 1 aliphatic rings. The second kappa shape index (κ2) is 3.98. The van der Waals surface area contributed by atoms with Gasteiger partial charge in [-0.05, 0) is 19.6 Å². The van der Waals surface area contributed by atoms with E-state index in [4.69, 9.17) is 4.74 Å². The Morgan fingerprint density at radius 2 is 2.54 bits per heavy atom. The molecule has 70 valence electrons. The lowest BCUT2D eigenvalue weighted by molar-refractivity contribution is 0.00470. The molecule has 4 heteroatoms. The molecule has 0 aliphatic carbocycles. The summed E-state index contributed by atoms with van der Waals surface area (Å²) in [5, 5.41) is 3.07. The zero-order valence-electron chi connectivity index (χ0n) is 7.35. The van der Waals surface area contributed by atoms with Crippen LogP contribution in [0, 0.1) is 0 Å². The third-order valence-electron chi connectivity index (χ3n) is 2.24. The number of hydrogen-bond acceptors (Lipinski definition) is 4. The molecule has 0 aromatic carbocycles. The zero-order valence-corrected chi connectivity index (χ0v) is 8.17. The SMILES string of the molecule is C=NC1CCC(c2nccs2)OC1. The predicted octanol–water partition coefficient (Wildman–Crippen LogP) is 2.06. The quantitative estimate of drug-likeness (QED) is 0.678. The van der Waals surface area contributed by atoms with E-state index in [0.29, 0.717) is 6.61 Å². The number of aromatic nitrogens is 1. The number of aliphatic imine (C=N–C) groups is 1. The van der Waals surface area contributed by atoms with Crippen LogP contribution in [0.25, 0.3) is 0 Å². The Labute approximate surface area is 81.5 Å². The standard InChI is InChI=1S/C9H12N2OS/c1-10-7-2-3-8(12-6-7)9-11-4-5-13-9/h4-5,7-8H,1-3,6H2. The van der Waals surface area contributed by atoms with Crippen molar-refractivity contribution in [3.8, 4) is 0 Å². The maximum Gasteiger partial charge on any atom is 0.121 e. The maximum atomic E-state index is 5.64. The van der Waals surface area contributed by atoms with Gasteiger partial charge in [0.15, 0.2) is 0 Å². The number of nitrogens with zero attached hydrogens (tertiary/aromatic N) is 2. The Morgan fingerprint density at radius 3 is 3.08 bits per heavy atom. The fraction of sp³-hybridized carbons (Fsp3) is 0.556. The first-order valence-corrected chi connectivity index (χ1v) is 5.25. The van der Waals surface area contributed by atoms with Crippen LogP contribution in [0.2, 0.25) is 0 Å². The Bertz CT molecular complexity index is 265. The monoisotopic (exact) mass is 196 g/mol. The largest absolute Gasteiger partial charge is 0.369 e. The Hall–Kier alpha value is -0.740. The van der Waals surface area contributed by atoms with Gasteiger partial charge < -0.3 is 4.74 Å². The Kier molecular flexibility index (Phi) is 2.71. The lowest BCUT2D eigenvalue weighted by Crippen LogP contribution is -2.23. The van der Waals surface area contributed by atoms with Crippen LogP contribution in [0.3, 0.4) is 0 Å². The van der Waals surface area contributed by atoms with Gasteiger partial charge in [-0.1, -0.05) is 0 Å². The first kappa shape index (κ1) is 8.84. The second-order valence-electron chi connectivity index (χ2n) is 3.11. The van der Waals surface area contributed by atoms with Gasteiger partial charge in [0.2, 0.25) is 0 Å². The summed E-state index contributed by atoms with van der Waals surface area (Å²) >= 11 is 1.66.